The minimum Gasteiger partial charge on any atom is -0.504 e. The van der Waals surface area contributed by atoms with Gasteiger partial charge in [0.25, 0.3) is 0 Å². The molecule has 134 valence electrons. The van der Waals surface area contributed by atoms with Crippen LogP contribution in [0.3, 0.4) is 0 Å². The van der Waals surface area contributed by atoms with Crippen LogP contribution in [0.2, 0.25) is 0 Å². The summed E-state index contributed by atoms with van der Waals surface area (Å²) in [5.74, 6) is -2.55. The molecule has 0 spiro atoms. The van der Waals surface area contributed by atoms with Gasteiger partial charge >= 0.3 is 17.3 Å². The molecule has 1 N–H and O–H groups in total. The molecule has 11 nitrogen and oxygen atoms in total. The van der Waals surface area contributed by atoms with Gasteiger partial charge in [0.1, 0.15) is 0 Å². The standard InChI is InChI=1S/C13H18N2O9/c1-4-23-13(21-3,24-5-2)8-22-12-7-10(15(19)20)9(14(17)18)6-11(12)16/h6-7,16H,4-5,8H2,1-3H3. The van der Waals surface area contributed by atoms with E-state index in [9.17, 15) is 25.3 Å². The van der Waals surface area contributed by atoms with Crippen LogP contribution in [0.5, 0.6) is 11.5 Å². The van der Waals surface area contributed by atoms with Crippen molar-refractivity contribution in [2.45, 2.75) is 19.8 Å². The smallest absolute Gasteiger partial charge is 0.350 e. The van der Waals surface area contributed by atoms with Gasteiger partial charge in [-0.1, -0.05) is 0 Å². The van der Waals surface area contributed by atoms with Crippen molar-refractivity contribution in [2.24, 2.45) is 0 Å². The molecule has 0 aromatic heterocycles. The number of methoxy groups -OCH3 is 1. The number of benzene rings is 1. The van der Waals surface area contributed by atoms with E-state index in [-0.39, 0.29) is 25.6 Å². The fourth-order valence-corrected chi connectivity index (χ4v) is 1.86. The predicted molar refractivity (Wildman–Crippen MR) is 79.9 cm³/mol. The zero-order valence-corrected chi connectivity index (χ0v) is 13.4. The average Bonchev–Trinajstić information content (AvgIpc) is 2.53. The van der Waals surface area contributed by atoms with Gasteiger partial charge in [-0.05, 0) is 13.8 Å². The van der Waals surface area contributed by atoms with Gasteiger partial charge in [0.15, 0.2) is 18.1 Å². The van der Waals surface area contributed by atoms with Gasteiger partial charge in [-0.15, -0.1) is 0 Å². The lowest BCUT2D eigenvalue weighted by molar-refractivity contribution is -0.422. The Balaban J connectivity index is 3.12. The van der Waals surface area contributed by atoms with E-state index in [1.54, 1.807) is 13.8 Å². The van der Waals surface area contributed by atoms with Crippen molar-refractivity contribution in [3.63, 3.8) is 0 Å². The molecule has 0 aliphatic heterocycles. The Morgan fingerprint density at radius 2 is 1.58 bits per heavy atom. The van der Waals surface area contributed by atoms with E-state index in [2.05, 4.69) is 0 Å². The molecule has 0 saturated heterocycles. The van der Waals surface area contributed by atoms with E-state index in [4.69, 9.17) is 18.9 Å². The molecule has 1 aromatic rings. The van der Waals surface area contributed by atoms with E-state index < -0.39 is 32.9 Å². The second-order valence-electron chi connectivity index (χ2n) is 4.36. The lowest BCUT2D eigenvalue weighted by Crippen LogP contribution is -2.44. The van der Waals surface area contributed by atoms with Gasteiger partial charge in [-0.25, -0.2) is 0 Å². The SMILES string of the molecule is CCOC(COc1cc([N+](=O)[O-])c([N+](=O)[O-])cc1O)(OC)OCC. The average molecular weight is 346 g/mol. The highest BCUT2D eigenvalue weighted by molar-refractivity contribution is 5.61. The summed E-state index contributed by atoms with van der Waals surface area (Å²) in [5, 5.41) is 31.6. The Bertz CT molecular complexity index is 599. The highest BCUT2D eigenvalue weighted by Crippen LogP contribution is 2.38. The first-order valence-electron chi connectivity index (χ1n) is 6.91. The summed E-state index contributed by atoms with van der Waals surface area (Å²) in [4.78, 5) is 19.8. The third-order valence-corrected chi connectivity index (χ3v) is 2.89. The molecular weight excluding hydrogens is 328 g/mol. The van der Waals surface area contributed by atoms with E-state index in [1.165, 1.54) is 7.11 Å². The molecule has 0 bridgehead atoms. The summed E-state index contributed by atoms with van der Waals surface area (Å²) >= 11 is 0. The second-order valence-corrected chi connectivity index (χ2v) is 4.36. The van der Waals surface area contributed by atoms with Crippen molar-refractivity contribution in [3.8, 4) is 11.5 Å². The topological polar surface area (TPSA) is 143 Å². The number of nitro groups is 2. The van der Waals surface area contributed by atoms with Crippen LogP contribution in [0.25, 0.3) is 0 Å². The fraction of sp³-hybridized carbons (Fsp3) is 0.538. The van der Waals surface area contributed by atoms with E-state index in [0.29, 0.717) is 6.07 Å². The molecule has 0 radical (unpaired) electrons. The number of nitrogens with zero attached hydrogens (tertiary/aromatic N) is 2. The first-order valence-corrected chi connectivity index (χ1v) is 6.91. The third-order valence-electron chi connectivity index (χ3n) is 2.89. The summed E-state index contributed by atoms with van der Waals surface area (Å²) in [6.07, 6.45) is 0. The Kier molecular flexibility index (Phi) is 6.82. The molecule has 1 rings (SSSR count). The zero-order valence-electron chi connectivity index (χ0n) is 13.4. The second kappa shape index (κ2) is 8.38. The number of phenols is 1. The third kappa shape index (κ3) is 4.50. The maximum atomic E-state index is 10.9. The van der Waals surface area contributed by atoms with Crippen molar-refractivity contribution in [1.82, 2.24) is 0 Å². The van der Waals surface area contributed by atoms with E-state index in [0.717, 1.165) is 6.07 Å². The number of ether oxygens (including phenoxy) is 4. The number of phenolic OH excluding ortho intramolecular Hbond substituents is 1. The van der Waals surface area contributed by atoms with Crippen LogP contribution in [0.15, 0.2) is 12.1 Å². The molecule has 24 heavy (non-hydrogen) atoms. The van der Waals surface area contributed by atoms with Crippen LogP contribution >= 0.6 is 0 Å². The maximum Gasteiger partial charge on any atom is 0.350 e. The summed E-state index contributed by atoms with van der Waals surface area (Å²) in [5.41, 5.74) is -1.67. The maximum absolute atomic E-state index is 10.9. The van der Waals surface area contributed by atoms with Gasteiger partial charge in [-0.2, -0.15) is 0 Å². The predicted octanol–water partition coefficient (Wildman–Crippen LogP) is 1.96. The first-order chi connectivity index (χ1) is 11.3. The minimum atomic E-state index is -1.58. The highest BCUT2D eigenvalue weighted by Gasteiger charge is 2.34. The van der Waals surface area contributed by atoms with Crippen LogP contribution < -0.4 is 4.74 Å². The minimum absolute atomic E-state index is 0.226. The highest BCUT2D eigenvalue weighted by atomic mass is 16.9. The van der Waals surface area contributed by atoms with Gasteiger partial charge in [0, 0.05) is 20.3 Å². The number of hydrogen-bond acceptors (Lipinski definition) is 9. The number of rotatable bonds is 10. The van der Waals surface area contributed by atoms with Gasteiger partial charge in [0.05, 0.1) is 22.0 Å². The Morgan fingerprint density at radius 3 is 2.00 bits per heavy atom. The lowest BCUT2D eigenvalue weighted by atomic mass is 10.2. The van der Waals surface area contributed by atoms with Crippen molar-refractivity contribution >= 4 is 11.4 Å². The van der Waals surface area contributed by atoms with Crippen molar-refractivity contribution in [2.75, 3.05) is 26.9 Å². The fourth-order valence-electron chi connectivity index (χ4n) is 1.86. The van der Waals surface area contributed by atoms with Gasteiger partial charge in [0.2, 0.25) is 0 Å². The van der Waals surface area contributed by atoms with Crippen molar-refractivity contribution in [1.29, 1.82) is 0 Å². The summed E-state index contributed by atoms with van der Waals surface area (Å²) in [6.45, 7) is 3.48. The van der Waals surface area contributed by atoms with Crippen LogP contribution in [-0.4, -0.2) is 47.9 Å². The number of hydrogen-bond donors (Lipinski definition) is 1. The van der Waals surface area contributed by atoms with Crippen molar-refractivity contribution < 1.29 is 33.9 Å². The molecule has 0 fully saturated rings. The van der Waals surface area contributed by atoms with E-state index in [1.807, 2.05) is 0 Å². The van der Waals surface area contributed by atoms with Crippen LogP contribution in [-0.2, 0) is 14.2 Å². The molecule has 0 aliphatic carbocycles. The molecule has 0 unspecified atom stereocenters. The van der Waals surface area contributed by atoms with Gasteiger partial charge in [-0.3, -0.25) is 20.2 Å². The molecule has 0 saturated carbocycles. The van der Waals surface area contributed by atoms with Crippen LogP contribution in [0.1, 0.15) is 13.8 Å². The van der Waals surface area contributed by atoms with E-state index >= 15 is 0 Å². The lowest BCUT2D eigenvalue weighted by Gasteiger charge is -2.30. The monoisotopic (exact) mass is 346 g/mol. The molecule has 0 atom stereocenters. The molecule has 0 heterocycles. The largest absolute Gasteiger partial charge is 0.504 e. The normalized spacial score (nSPS) is 11.3. The quantitative estimate of drug-likeness (QED) is 0.382. The molecular formula is C13H18N2O9. The summed E-state index contributed by atoms with van der Waals surface area (Å²) in [6, 6.07) is 1.40. The molecule has 11 heteroatoms. The molecule has 1 aromatic carbocycles. The molecule has 0 amide bonds. The zero-order chi connectivity index (χ0) is 18.3. The Hall–Kier alpha value is -2.50. The van der Waals surface area contributed by atoms with Gasteiger partial charge < -0.3 is 24.1 Å². The Morgan fingerprint density at radius 1 is 1.08 bits per heavy atom. The summed E-state index contributed by atoms with van der Waals surface area (Å²) < 4.78 is 21.1. The first kappa shape index (κ1) is 19.5. The molecule has 0 aliphatic rings. The number of nitro benzene ring substituents is 2. The Labute approximate surface area is 137 Å². The van der Waals surface area contributed by atoms with Crippen molar-refractivity contribution in [3.05, 3.63) is 32.4 Å². The van der Waals surface area contributed by atoms with Crippen LogP contribution in [0, 0.1) is 20.2 Å². The number of aromatic hydroxyl groups is 1. The summed E-state index contributed by atoms with van der Waals surface area (Å²) in [7, 11) is 1.31. The van der Waals surface area contributed by atoms with Crippen LogP contribution in [0.4, 0.5) is 11.4 Å².